The van der Waals surface area contributed by atoms with E-state index in [-0.39, 0.29) is 0 Å². The molecule has 2 aliphatic rings. The van der Waals surface area contributed by atoms with Crippen LogP contribution in [0.15, 0.2) is 72.2 Å². The first-order chi connectivity index (χ1) is 12.3. The Morgan fingerprint density at radius 3 is 2.96 bits per heavy atom. The molecule has 4 N–H and O–H groups in total. The van der Waals surface area contributed by atoms with Crippen molar-refractivity contribution in [3.63, 3.8) is 0 Å². The van der Waals surface area contributed by atoms with E-state index in [4.69, 9.17) is 15.2 Å². The number of nitrogens with two attached hydrogens (primary N) is 1. The van der Waals surface area contributed by atoms with Crippen molar-refractivity contribution in [2.45, 2.75) is 12.8 Å². The third-order valence-corrected chi connectivity index (χ3v) is 3.84. The lowest BCUT2D eigenvalue weighted by Crippen LogP contribution is -2.10. The van der Waals surface area contributed by atoms with Gasteiger partial charge in [0, 0.05) is 11.3 Å². The van der Waals surface area contributed by atoms with Gasteiger partial charge < -0.3 is 15.2 Å². The molecule has 2 aromatic rings. The first-order valence-electron chi connectivity index (χ1n) is 7.93. The van der Waals surface area contributed by atoms with Crippen LogP contribution in [0, 0.1) is 0 Å². The Bertz CT molecular complexity index is 908. The van der Waals surface area contributed by atoms with Gasteiger partial charge in [-0.25, -0.2) is 0 Å². The van der Waals surface area contributed by atoms with Gasteiger partial charge in [0.1, 0.15) is 6.26 Å². The van der Waals surface area contributed by atoms with Gasteiger partial charge in [-0.15, -0.1) is 5.10 Å². The summed E-state index contributed by atoms with van der Waals surface area (Å²) in [6.45, 7) is 0. The summed E-state index contributed by atoms with van der Waals surface area (Å²) in [5, 5.41) is 10.00. The van der Waals surface area contributed by atoms with Gasteiger partial charge in [-0.1, -0.05) is 30.4 Å². The van der Waals surface area contributed by atoms with Crippen LogP contribution >= 0.6 is 0 Å². The van der Waals surface area contributed by atoms with Gasteiger partial charge in [-0.2, -0.15) is 4.98 Å². The summed E-state index contributed by atoms with van der Waals surface area (Å²) >= 11 is 0. The Morgan fingerprint density at radius 2 is 2.12 bits per heavy atom. The van der Waals surface area contributed by atoms with E-state index in [1.807, 2.05) is 36.4 Å². The second-order valence-electron chi connectivity index (χ2n) is 5.58. The molecule has 1 aromatic heterocycles. The summed E-state index contributed by atoms with van der Waals surface area (Å²) in [7, 11) is 0. The molecular weight excluding hydrogens is 318 g/mol. The van der Waals surface area contributed by atoms with Crippen molar-refractivity contribution < 1.29 is 9.47 Å². The monoisotopic (exact) mass is 335 g/mol. The molecule has 0 amide bonds. The summed E-state index contributed by atoms with van der Waals surface area (Å²) in [6.07, 6.45) is 11.1. The van der Waals surface area contributed by atoms with Gasteiger partial charge in [0.25, 0.3) is 0 Å². The number of para-hydroxylation sites is 1. The van der Waals surface area contributed by atoms with Crippen molar-refractivity contribution in [1.82, 2.24) is 15.2 Å². The van der Waals surface area contributed by atoms with E-state index in [0.29, 0.717) is 29.1 Å². The summed E-state index contributed by atoms with van der Waals surface area (Å²) in [5.74, 6) is 2.04. The first kappa shape index (κ1) is 15.1. The Hall–Kier alpha value is -3.48. The van der Waals surface area contributed by atoms with Crippen LogP contribution in [-0.4, -0.2) is 15.2 Å². The highest BCUT2D eigenvalue weighted by Gasteiger charge is 2.17. The minimum Gasteiger partial charge on any atom is -0.463 e. The maximum atomic E-state index is 5.96. The molecule has 0 radical (unpaired) electrons. The molecule has 7 heteroatoms. The fourth-order valence-corrected chi connectivity index (χ4v) is 2.59. The SMILES string of the molecule is Nc1ccccc1-c1nc(NC2=COC=C(C3=CC=CCC3)O2)n[nH]1. The van der Waals surface area contributed by atoms with Gasteiger partial charge in [-0.3, -0.25) is 10.4 Å². The Kier molecular flexibility index (Phi) is 3.96. The van der Waals surface area contributed by atoms with E-state index in [1.54, 1.807) is 6.26 Å². The molecule has 7 nitrogen and oxygen atoms in total. The Labute approximate surface area is 144 Å². The van der Waals surface area contributed by atoms with Gasteiger partial charge in [0.15, 0.2) is 17.8 Å². The number of H-pyrrole nitrogens is 1. The highest BCUT2D eigenvalue weighted by Crippen LogP contribution is 2.27. The molecule has 0 spiro atoms. The highest BCUT2D eigenvalue weighted by atomic mass is 16.6. The molecule has 2 heterocycles. The molecule has 1 aliphatic carbocycles. The van der Waals surface area contributed by atoms with E-state index in [9.17, 15) is 0 Å². The number of allylic oxidation sites excluding steroid dienone is 4. The average Bonchev–Trinajstić information content (AvgIpc) is 3.11. The van der Waals surface area contributed by atoms with Crippen molar-refractivity contribution in [3.8, 4) is 11.4 Å². The molecule has 1 aromatic carbocycles. The van der Waals surface area contributed by atoms with Crippen molar-refractivity contribution in [2.75, 3.05) is 11.1 Å². The molecule has 0 atom stereocenters. The topological polar surface area (TPSA) is 98.1 Å². The van der Waals surface area contributed by atoms with Crippen LogP contribution in [0.3, 0.4) is 0 Å². The third-order valence-electron chi connectivity index (χ3n) is 3.84. The quantitative estimate of drug-likeness (QED) is 0.741. The summed E-state index contributed by atoms with van der Waals surface area (Å²) in [4.78, 5) is 4.39. The minimum atomic E-state index is 0.367. The maximum Gasteiger partial charge on any atom is 0.249 e. The van der Waals surface area contributed by atoms with E-state index >= 15 is 0 Å². The molecule has 0 fully saturated rings. The van der Waals surface area contributed by atoms with Crippen LogP contribution in [0.25, 0.3) is 11.4 Å². The second-order valence-corrected chi connectivity index (χ2v) is 5.58. The highest BCUT2D eigenvalue weighted by molar-refractivity contribution is 5.71. The van der Waals surface area contributed by atoms with Crippen molar-refractivity contribution >= 4 is 11.6 Å². The Morgan fingerprint density at radius 1 is 1.20 bits per heavy atom. The van der Waals surface area contributed by atoms with Crippen LogP contribution in [0.4, 0.5) is 11.6 Å². The van der Waals surface area contributed by atoms with Crippen LogP contribution in [0.5, 0.6) is 0 Å². The zero-order valence-corrected chi connectivity index (χ0v) is 13.4. The number of anilines is 2. The number of ether oxygens (including phenoxy) is 2. The van der Waals surface area contributed by atoms with Crippen molar-refractivity contribution in [1.29, 1.82) is 0 Å². The minimum absolute atomic E-state index is 0.367. The predicted octanol–water partition coefficient (Wildman–Crippen LogP) is 3.43. The zero-order chi connectivity index (χ0) is 17.1. The van der Waals surface area contributed by atoms with E-state index < -0.39 is 0 Å². The lowest BCUT2D eigenvalue weighted by atomic mass is 10.0. The normalized spacial score (nSPS) is 16.2. The van der Waals surface area contributed by atoms with Crippen molar-refractivity contribution in [2.24, 2.45) is 0 Å². The molecule has 1 aliphatic heterocycles. The number of hydrogen-bond donors (Lipinski definition) is 3. The lowest BCUT2D eigenvalue weighted by Gasteiger charge is -2.19. The Balaban J connectivity index is 1.46. The van der Waals surface area contributed by atoms with Gasteiger partial charge in [0.05, 0.1) is 0 Å². The first-order valence-corrected chi connectivity index (χ1v) is 7.93. The van der Waals surface area contributed by atoms with E-state index in [0.717, 1.165) is 24.0 Å². The lowest BCUT2D eigenvalue weighted by molar-refractivity contribution is 0.233. The molecule has 25 heavy (non-hydrogen) atoms. The summed E-state index contributed by atoms with van der Waals surface area (Å²) < 4.78 is 11.2. The smallest absolute Gasteiger partial charge is 0.249 e. The van der Waals surface area contributed by atoms with E-state index in [2.05, 4.69) is 26.6 Å². The predicted molar refractivity (Wildman–Crippen MR) is 94.6 cm³/mol. The number of aromatic nitrogens is 3. The molecule has 4 rings (SSSR count). The van der Waals surface area contributed by atoms with Gasteiger partial charge >= 0.3 is 0 Å². The molecule has 0 saturated carbocycles. The number of hydrogen-bond acceptors (Lipinski definition) is 6. The van der Waals surface area contributed by atoms with Gasteiger partial charge in [0.2, 0.25) is 11.8 Å². The number of rotatable bonds is 4. The summed E-state index contributed by atoms with van der Waals surface area (Å²) in [6, 6.07) is 7.46. The van der Waals surface area contributed by atoms with Crippen LogP contribution < -0.4 is 11.1 Å². The van der Waals surface area contributed by atoms with Gasteiger partial charge in [-0.05, 0) is 30.5 Å². The molecule has 0 unspecified atom stereocenters. The van der Waals surface area contributed by atoms with Crippen LogP contribution in [0.1, 0.15) is 12.8 Å². The van der Waals surface area contributed by atoms with Crippen molar-refractivity contribution in [3.05, 3.63) is 72.2 Å². The molecule has 0 bridgehead atoms. The van der Waals surface area contributed by atoms with E-state index in [1.165, 1.54) is 6.26 Å². The largest absolute Gasteiger partial charge is 0.463 e. The average molecular weight is 335 g/mol. The number of aromatic amines is 1. The summed E-state index contributed by atoms with van der Waals surface area (Å²) in [5.41, 5.74) is 8.47. The zero-order valence-electron chi connectivity index (χ0n) is 13.4. The third kappa shape index (κ3) is 3.25. The molecule has 0 saturated heterocycles. The van der Waals surface area contributed by atoms with Crippen LogP contribution in [0.2, 0.25) is 0 Å². The number of benzene rings is 1. The maximum absolute atomic E-state index is 5.96. The number of nitrogen functional groups attached to an aromatic ring is 1. The second kappa shape index (κ2) is 6.56. The number of nitrogens with one attached hydrogen (secondary N) is 2. The number of nitrogens with zero attached hydrogens (tertiary/aromatic N) is 2. The standard InChI is InChI=1S/C18H17N5O2/c19-14-9-5-4-8-13(14)17-21-18(23-22-17)20-16-11-24-10-15(25-16)12-6-2-1-3-7-12/h1-2,4-6,8-11H,3,7,19H2,(H2,20,21,22,23). The fourth-order valence-electron chi connectivity index (χ4n) is 2.59. The van der Waals surface area contributed by atoms with Crippen LogP contribution in [-0.2, 0) is 9.47 Å². The fraction of sp³-hybridized carbons (Fsp3) is 0.111. The molecule has 126 valence electrons. The molecular formula is C18H17N5O2.